The molecule has 0 unspecified atom stereocenters. The number of amides is 4. The summed E-state index contributed by atoms with van der Waals surface area (Å²) >= 11 is 2.51. The zero-order valence-electron chi connectivity index (χ0n) is 19.2. The summed E-state index contributed by atoms with van der Waals surface area (Å²) in [5.74, 6) is -1.23. The second-order valence-electron chi connectivity index (χ2n) is 7.96. The van der Waals surface area contributed by atoms with Gasteiger partial charge >= 0.3 is 0 Å². The van der Waals surface area contributed by atoms with Crippen molar-refractivity contribution in [3.63, 3.8) is 0 Å². The molecule has 1 atom stereocenters. The van der Waals surface area contributed by atoms with Crippen LogP contribution in [0.4, 0.5) is 4.79 Å². The molecule has 2 aromatic carbocycles. The van der Waals surface area contributed by atoms with Gasteiger partial charge in [-0.1, -0.05) is 44.2 Å². The minimum absolute atomic E-state index is 0.0522. The zero-order chi connectivity index (χ0) is 24.7. The van der Waals surface area contributed by atoms with E-state index in [1.165, 1.54) is 0 Å². The number of rotatable bonds is 9. The average Bonchev–Trinajstić information content (AvgIpc) is 3.10. The summed E-state index contributed by atoms with van der Waals surface area (Å²) in [6.45, 7) is 3.82. The standard InChI is InChI=1S/C25H27N3O4S2/c1-16(2)21(27-22(29)18-7-5-4-6-8-18)23(30)26-13-14-28-24(31)20(34-25(28)32)15-17-9-11-19(33-3)12-10-17/h4-12,15-16,21H,13-14H2,1-3H3,(H,26,30)(H,27,29)/b20-15+/t21-/m0/s1. The number of benzene rings is 2. The Hall–Kier alpha value is -3.04. The van der Waals surface area contributed by atoms with Crippen LogP contribution in [0.15, 0.2) is 64.4 Å². The van der Waals surface area contributed by atoms with Crippen LogP contribution in [-0.4, -0.2) is 53.2 Å². The molecule has 1 fully saturated rings. The number of imide groups is 1. The third-order valence-electron chi connectivity index (χ3n) is 5.19. The number of nitrogens with one attached hydrogen (secondary N) is 2. The maximum Gasteiger partial charge on any atom is 0.293 e. The first-order chi connectivity index (χ1) is 16.3. The quantitative estimate of drug-likeness (QED) is 0.401. The van der Waals surface area contributed by atoms with Crippen LogP contribution in [0, 0.1) is 5.92 Å². The minimum Gasteiger partial charge on any atom is -0.353 e. The molecule has 0 spiro atoms. The van der Waals surface area contributed by atoms with Gasteiger partial charge in [-0.2, -0.15) is 0 Å². The van der Waals surface area contributed by atoms with Crippen LogP contribution in [0.25, 0.3) is 6.08 Å². The Balaban J connectivity index is 1.56. The Morgan fingerprint density at radius 3 is 2.35 bits per heavy atom. The summed E-state index contributed by atoms with van der Waals surface area (Å²) < 4.78 is 0. The van der Waals surface area contributed by atoms with E-state index in [1.807, 2.05) is 50.4 Å². The third-order valence-corrected chi connectivity index (χ3v) is 6.84. The molecule has 0 radical (unpaired) electrons. The Morgan fingerprint density at radius 2 is 1.74 bits per heavy atom. The first kappa shape index (κ1) is 25.6. The second kappa shape index (κ2) is 11.9. The summed E-state index contributed by atoms with van der Waals surface area (Å²) in [6.07, 6.45) is 3.68. The highest BCUT2D eigenvalue weighted by molar-refractivity contribution is 8.18. The normalized spacial score (nSPS) is 15.6. The van der Waals surface area contributed by atoms with Crippen molar-refractivity contribution < 1.29 is 19.2 Å². The summed E-state index contributed by atoms with van der Waals surface area (Å²) in [7, 11) is 0. The fourth-order valence-corrected chi connectivity index (χ4v) is 4.57. The molecule has 1 saturated heterocycles. The van der Waals surface area contributed by atoms with Gasteiger partial charge < -0.3 is 10.6 Å². The van der Waals surface area contributed by atoms with Crippen LogP contribution < -0.4 is 10.6 Å². The minimum atomic E-state index is -0.744. The first-order valence-corrected chi connectivity index (χ1v) is 12.9. The van der Waals surface area contributed by atoms with Gasteiger partial charge in [0.05, 0.1) is 4.91 Å². The van der Waals surface area contributed by atoms with E-state index in [1.54, 1.807) is 42.1 Å². The number of hydrogen-bond acceptors (Lipinski definition) is 6. The van der Waals surface area contributed by atoms with Crippen LogP contribution in [0.1, 0.15) is 29.8 Å². The SMILES string of the molecule is CSc1ccc(/C=C2/SC(=O)N(CCNC(=O)[C@@H](NC(=O)c3ccccc3)C(C)C)C2=O)cc1. The summed E-state index contributed by atoms with van der Waals surface area (Å²) in [5, 5.41) is 5.12. The predicted octanol–water partition coefficient (Wildman–Crippen LogP) is 4.02. The van der Waals surface area contributed by atoms with Crippen molar-refractivity contribution in [2.45, 2.75) is 24.8 Å². The van der Waals surface area contributed by atoms with E-state index in [2.05, 4.69) is 10.6 Å². The number of thioether (sulfide) groups is 2. The third kappa shape index (κ3) is 6.51. The highest BCUT2D eigenvalue weighted by Crippen LogP contribution is 2.32. The van der Waals surface area contributed by atoms with Crippen molar-refractivity contribution in [2.24, 2.45) is 5.92 Å². The molecule has 7 nitrogen and oxygen atoms in total. The van der Waals surface area contributed by atoms with Crippen molar-refractivity contribution >= 4 is 52.6 Å². The van der Waals surface area contributed by atoms with Gasteiger partial charge in [0.1, 0.15) is 6.04 Å². The number of hydrogen-bond donors (Lipinski definition) is 2. The molecule has 34 heavy (non-hydrogen) atoms. The Kier molecular flexibility index (Phi) is 8.95. The highest BCUT2D eigenvalue weighted by atomic mass is 32.2. The van der Waals surface area contributed by atoms with Gasteiger partial charge in [-0.15, -0.1) is 11.8 Å². The first-order valence-electron chi connectivity index (χ1n) is 10.8. The molecule has 0 aliphatic carbocycles. The zero-order valence-corrected chi connectivity index (χ0v) is 20.9. The van der Waals surface area contributed by atoms with Crippen molar-refractivity contribution in [1.29, 1.82) is 0 Å². The molecule has 0 saturated carbocycles. The van der Waals surface area contributed by atoms with Crippen molar-refractivity contribution in [3.05, 3.63) is 70.6 Å². The monoisotopic (exact) mass is 497 g/mol. The Bertz CT molecular complexity index is 1090. The maximum atomic E-state index is 12.7. The summed E-state index contributed by atoms with van der Waals surface area (Å²) in [6, 6.07) is 15.6. The Labute approximate surface area is 207 Å². The van der Waals surface area contributed by atoms with Crippen molar-refractivity contribution in [2.75, 3.05) is 19.3 Å². The number of carbonyl (C=O) groups is 4. The van der Waals surface area contributed by atoms with Crippen LogP contribution >= 0.6 is 23.5 Å². The van der Waals surface area contributed by atoms with Gasteiger partial charge in [-0.05, 0) is 59.8 Å². The van der Waals surface area contributed by atoms with Gasteiger partial charge in [0.2, 0.25) is 5.91 Å². The number of carbonyl (C=O) groups excluding carboxylic acids is 4. The summed E-state index contributed by atoms with van der Waals surface area (Å²) in [5.41, 5.74) is 1.30. The van der Waals surface area contributed by atoms with E-state index in [4.69, 9.17) is 0 Å². The molecule has 9 heteroatoms. The molecule has 1 heterocycles. The second-order valence-corrected chi connectivity index (χ2v) is 9.83. The van der Waals surface area contributed by atoms with E-state index >= 15 is 0 Å². The van der Waals surface area contributed by atoms with Crippen LogP contribution in [0.3, 0.4) is 0 Å². The van der Waals surface area contributed by atoms with E-state index in [0.717, 1.165) is 27.1 Å². The van der Waals surface area contributed by atoms with E-state index in [-0.39, 0.29) is 42.0 Å². The molecule has 2 N–H and O–H groups in total. The molecule has 2 aromatic rings. The molecule has 4 amide bonds. The van der Waals surface area contributed by atoms with E-state index in [0.29, 0.717) is 10.5 Å². The highest BCUT2D eigenvalue weighted by Gasteiger charge is 2.35. The van der Waals surface area contributed by atoms with Crippen molar-refractivity contribution in [1.82, 2.24) is 15.5 Å². The Morgan fingerprint density at radius 1 is 1.06 bits per heavy atom. The lowest BCUT2D eigenvalue weighted by Gasteiger charge is -2.22. The lowest BCUT2D eigenvalue weighted by Crippen LogP contribution is -2.51. The largest absolute Gasteiger partial charge is 0.353 e. The molecular weight excluding hydrogens is 470 g/mol. The van der Waals surface area contributed by atoms with Crippen molar-refractivity contribution in [3.8, 4) is 0 Å². The summed E-state index contributed by atoms with van der Waals surface area (Å²) in [4.78, 5) is 52.8. The molecular formula is C25H27N3O4S2. The topological polar surface area (TPSA) is 95.6 Å². The smallest absolute Gasteiger partial charge is 0.293 e. The molecule has 1 aliphatic rings. The van der Waals surface area contributed by atoms with Crippen LogP contribution in [-0.2, 0) is 9.59 Å². The molecule has 0 aromatic heterocycles. The van der Waals surface area contributed by atoms with Gasteiger partial charge in [0.15, 0.2) is 0 Å². The van der Waals surface area contributed by atoms with Crippen LogP contribution in [0.2, 0.25) is 0 Å². The molecule has 0 bridgehead atoms. The number of nitrogens with zero attached hydrogens (tertiary/aromatic N) is 1. The van der Waals surface area contributed by atoms with Gasteiger partial charge in [-0.25, -0.2) is 0 Å². The maximum absolute atomic E-state index is 12.7. The fourth-order valence-electron chi connectivity index (χ4n) is 3.29. The predicted molar refractivity (Wildman–Crippen MR) is 136 cm³/mol. The van der Waals surface area contributed by atoms with E-state index in [9.17, 15) is 19.2 Å². The fraction of sp³-hybridized carbons (Fsp3) is 0.280. The van der Waals surface area contributed by atoms with Crippen LogP contribution in [0.5, 0.6) is 0 Å². The molecule has 178 valence electrons. The van der Waals surface area contributed by atoms with E-state index < -0.39 is 6.04 Å². The molecule has 1 aliphatic heterocycles. The lowest BCUT2D eigenvalue weighted by molar-refractivity contribution is -0.125. The molecule has 3 rings (SSSR count). The lowest BCUT2D eigenvalue weighted by atomic mass is 10.0. The van der Waals surface area contributed by atoms with Gasteiger partial charge in [-0.3, -0.25) is 24.1 Å². The van der Waals surface area contributed by atoms with Gasteiger partial charge in [0.25, 0.3) is 17.1 Å². The average molecular weight is 498 g/mol. The van der Waals surface area contributed by atoms with Gasteiger partial charge in [0, 0.05) is 23.5 Å².